The van der Waals surface area contributed by atoms with Gasteiger partial charge in [-0.05, 0) is 85.3 Å². The van der Waals surface area contributed by atoms with Gasteiger partial charge in [0.15, 0.2) is 8.32 Å². The first-order valence-corrected chi connectivity index (χ1v) is 20.3. The smallest absolute Gasteiger partial charge is 0.410 e. The summed E-state index contributed by atoms with van der Waals surface area (Å²) in [4.78, 5) is 5.61. The Morgan fingerprint density at radius 2 is 1.66 bits per heavy atom. The number of alkyl halides is 3. The lowest BCUT2D eigenvalue weighted by Crippen LogP contribution is -2.47. The topological polar surface area (TPSA) is 73.6 Å². The van der Waals surface area contributed by atoms with E-state index in [0.29, 0.717) is 44.8 Å². The van der Waals surface area contributed by atoms with Gasteiger partial charge in [0, 0.05) is 62.0 Å². The highest BCUT2D eigenvalue weighted by Gasteiger charge is 2.56. The van der Waals surface area contributed by atoms with Crippen LogP contribution in [-0.4, -0.2) is 39.7 Å². The summed E-state index contributed by atoms with van der Waals surface area (Å²) in [5.74, 6) is 0.146. The molecule has 47 heavy (non-hydrogen) atoms. The van der Waals surface area contributed by atoms with E-state index in [4.69, 9.17) is 23.6 Å². The molecule has 7 rings (SSSR count). The molecule has 2 spiro atoms. The van der Waals surface area contributed by atoms with E-state index in [1.165, 1.54) is 31.4 Å². The van der Waals surface area contributed by atoms with Gasteiger partial charge in [-0.3, -0.25) is 4.98 Å². The number of aromatic nitrogens is 1. The first-order chi connectivity index (χ1) is 22.2. The molecule has 3 aliphatic heterocycles. The molecule has 0 N–H and O–H groups in total. The van der Waals surface area contributed by atoms with Gasteiger partial charge in [-0.2, -0.15) is 18.4 Å². The molecule has 0 radical (unpaired) electrons. The van der Waals surface area contributed by atoms with Crippen molar-refractivity contribution in [2.75, 3.05) is 26.4 Å². The number of hydrogen-bond acceptors (Lipinski definition) is 6. The molecule has 0 unspecified atom stereocenters. The lowest BCUT2D eigenvalue weighted by atomic mass is 9.58. The number of benzene rings is 1. The summed E-state index contributed by atoms with van der Waals surface area (Å²) in [5, 5.41) is 9.86. The third kappa shape index (κ3) is 5.68. The predicted molar refractivity (Wildman–Crippen MR) is 173 cm³/mol. The Labute approximate surface area is 277 Å². The highest BCUT2D eigenvalue weighted by atomic mass is 28.4. The van der Waals surface area contributed by atoms with Crippen LogP contribution in [-0.2, 0) is 36.8 Å². The number of hydrogen-bond donors (Lipinski definition) is 0. The maximum atomic E-state index is 13.9. The molecule has 2 aromatic rings. The molecule has 0 amide bonds. The van der Waals surface area contributed by atoms with E-state index in [1.807, 2.05) is 6.07 Å². The summed E-state index contributed by atoms with van der Waals surface area (Å²) in [5.41, 5.74) is 4.16. The molecule has 2 aliphatic carbocycles. The molecule has 1 aromatic carbocycles. The van der Waals surface area contributed by atoms with E-state index in [0.717, 1.165) is 59.8 Å². The number of nitriles is 1. The van der Waals surface area contributed by atoms with Gasteiger partial charge >= 0.3 is 6.18 Å². The summed E-state index contributed by atoms with van der Waals surface area (Å²) in [7, 11) is -2.22. The Hall–Kier alpha value is -2.29. The van der Waals surface area contributed by atoms with Crippen molar-refractivity contribution in [1.29, 1.82) is 5.26 Å². The summed E-state index contributed by atoms with van der Waals surface area (Å²) >= 11 is 0. The fourth-order valence-corrected chi connectivity index (χ4v) is 9.79. The number of nitrogens with zero attached hydrogens (tertiary/aromatic N) is 2. The van der Waals surface area contributed by atoms with Gasteiger partial charge in [0.25, 0.3) is 0 Å². The fourth-order valence-electron chi connectivity index (χ4n) is 8.53. The zero-order valence-corrected chi connectivity index (χ0v) is 29.3. The van der Waals surface area contributed by atoms with Crippen LogP contribution in [0.5, 0.6) is 0 Å². The fraction of sp³-hybridized carbons (Fsp3) is 0.676. The normalized spacial score (nSPS) is 25.7. The summed E-state index contributed by atoms with van der Waals surface area (Å²) in [6.45, 7) is 13.8. The second-order valence-electron chi connectivity index (χ2n) is 16.2. The molecule has 5 aliphatic rings. The molecule has 2 saturated heterocycles. The van der Waals surface area contributed by atoms with Gasteiger partial charge in [0.2, 0.25) is 0 Å². The molecule has 3 fully saturated rings. The minimum absolute atomic E-state index is 0.0132. The summed E-state index contributed by atoms with van der Waals surface area (Å²) < 4.78 is 68.0. The van der Waals surface area contributed by atoms with Gasteiger partial charge in [0.1, 0.15) is 6.10 Å². The molecule has 10 heteroatoms. The van der Waals surface area contributed by atoms with E-state index in [2.05, 4.69) is 33.9 Å². The van der Waals surface area contributed by atoms with Crippen LogP contribution < -0.4 is 0 Å². The zero-order valence-electron chi connectivity index (χ0n) is 28.3. The Balaban J connectivity index is 1.48. The Morgan fingerprint density at radius 1 is 0.979 bits per heavy atom. The number of rotatable bonds is 4. The van der Waals surface area contributed by atoms with Crippen molar-refractivity contribution >= 4 is 8.32 Å². The van der Waals surface area contributed by atoms with Crippen molar-refractivity contribution in [2.45, 2.75) is 127 Å². The van der Waals surface area contributed by atoms with Crippen molar-refractivity contribution in [3.63, 3.8) is 0 Å². The Bertz CT molecular complexity index is 1580. The molecule has 4 heterocycles. The van der Waals surface area contributed by atoms with Crippen LogP contribution in [0.15, 0.2) is 18.2 Å². The second kappa shape index (κ2) is 11.7. The highest BCUT2D eigenvalue weighted by Crippen LogP contribution is 2.62. The molecule has 6 nitrogen and oxygen atoms in total. The molecular formula is C37H47F3N2O4Si. The van der Waals surface area contributed by atoms with Crippen LogP contribution >= 0.6 is 0 Å². The molecule has 254 valence electrons. The number of fused-ring (bicyclic) bond motifs is 4. The third-order valence-corrected chi connectivity index (χ3v) is 16.7. The van der Waals surface area contributed by atoms with Crippen molar-refractivity contribution in [3.05, 3.63) is 63.0 Å². The van der Waals surface area contributed by atoms with Crippen molar-refractivity contribution < 1.29 is 31.8 Å². The minimum atomic E-state index is -4.63. The van der Waals surface area contributed by atoms with Crippen molar-refractivity contribution in [1.82, 2.24) is 4.98 Å². The van der Waals surface area contributed by atoms with Crippen LogP contribution in [0.25, 0.3) is 0 Å². The maximum absolute atomic E-state index is 13.9. The van der Waals surface area contributed by atoms with Crippen molar-refractivity contribution in [2.24, 2.45) is 5.41 Å². The molecular weight excluding hydrogens is 621 g/mol. The van der Waals surface area contributed by atoms with Gasteiger partial charge in [-0.15, -0.1) is 0 Å². The van der Waals surface area contributed by atoms with E-state index < -0.39 is 37.3 Å². The second-order valence-corrected chi connectivity index (χ2v) is 20.9. The molecule has 1 aromatic heterocycles. The number of halogens is 3. The monoisotopic (exact) mass is 668 g/mol. The molecule has 2 atom stereocenters. The number of ether oxygens (including phenoxy) is 3. The van der Waals surface area contributed by atoms with Gasteiger partial charge in [-0.25, -0.2) is 0 Å². The van der Waals surface area contributed by atoms with Crippen LogP contribution in [0.4, 0.5) is 13.2 Å². The summed E-state index contributed by atoms with van der Waals surface area (Å²) in [6, 6.07) is 5.73. The zero-order chi connectivity index (χ0) is 33.4. The van der Waals surface area contributed by atoms with E-state index >= 15 is 0 Å². The van der Waals surface area contributed by atoms with Crippen LogP contribution in [0.2, 0.25) is 18.1 Å². The Morgan fingerprint density at radius 3 is 2.26 bits per heavy atom. The lowest BCUT2D eigenvalue weighted by Gasteiger charge is -2.51. The SMILES string of the molecule is CC(C)(C)[Si](C)(C)O[C@H]1CC2(CCC2)Cc2nc(C3CCOCC3)c3c(c21)C1(CCOCC1)O[C@@H]3c1ccc(C(F)(F)F)c(C#N)c1. The van der Waals surface area contributed by atoms with Crippen LogP contribution in [0, 0.1) is 16.7 Å². The maximum Gasteiger partial charge on any atom is 0.417 e. The van der Waals surface area contributed by atoms with Crippen molar-refractivity contribution in [3.8, 4) is 6.07 Å². The summed E-state index contributed by atoms with van der Waals surface area (Å²) in [6.07, 6.45) is 2.97. The molecule has 1 saturated carbocycles. The minimum Gasteiger partial charge on any atom is -0.410 e. The average molecular weight is 669 g/mol. The largest absolute Gasteiger partial charge is 0.417 e. The lowest BCUT2D eigenvalue weighted by molar-refractivity contribution is -0.138. The average Bonchev–Trinajstić information content (AvgIpc) is 3.32. The quantitative estimate of drug-likeness (QED) is 0.303. The van der Waals surface area contributed by atoms with Gasteiger partial charge < -0.3 is 18.6 Å². The highest BCUT2D eigenvalue weighted by molar-refractivity contribution is 6.74. The molecule has 0 bridgehead atoms. The standard InChI is InChI=1S/C37H47F3N2O4Si/c1-34(2,3)47(4,5)46-28-21-35(11-6-12-35)20-27-29(28)31-30(32(42-27)23-9-15-43-16-10-23)33(45-36(31)13-17-44-18-14-36)24-7-8-26(37(38,39)40)25(19-24)22-41/h7-8,19,23,28,33H,6,9-18,20-21H2,1-5H3/t28-,33+/m0/s1. The van der Waals surface area contributed by atoms with Crippen LogP contribution in [0.1, 0.15) is 135 Å². The third-order valence-electron chi connectivity index (χ3n) is 12.3. The van der Waals surface area contributed by atoms with E-state index in [-0.39, 0.29) is 22.5 Å². The first kappa shape index (κ1) is 33.2. The van der Waals surface area contributed by atoms with Gasteiger partial charge in [0.05, 0.1) is 34.6 Å². The first-order valence-electron chi connectivity index (χ1n) is 17.4. The van der Waals surface area contributed by atoms with E-state index in [9.17, 15) is 18.4 Å². The predicted octanol–water partition coefficient (Wildman–Crippen LogP) is 9.17. The van der Waals surface area contributed by atoms with Gasteiger partial charge in [-0.1, -0.05) is 33.3 Å². The van der Waals surface area contributed by atoms with E-state index in [1.54, 1.807) is 0 Å². The Kier molecular flexibility index (Phi) is 8.24. The number of pyridine rings is 1. The van der Waals surface area contributed by atoms with Crippen LogP contribution in [0.3, 0.4) is 0 Å².